The molecular formula is C15H25FN2OS. The fourth-order valence-electron chi connectivity index (χ4n) is 2.10. The van der Waals surface area contributed by atoms with Crippen LogP contribution in [-0.2, 0) is 0 Å². The summed E-state index contributed by atoms with van der Waals surface area (Å²) in [5, 5.41) is 0. The van der Waals surface area contributed by atoms with E-state index in [0.717, 1.165) is 17.9 Å². The van der Waals surface area contributed by atoms with Gasteiger partial charge in [0.2, 0.25) is 0 Å². The standard InChI is InChI=1S/C15H25FN2OS/c1-6-11(9-20-5)18(4)14-8-15(19-10(2)3)12(16)7-13(14)17/h7-8,10-11H,6,9,17H2,1-5H3. The molecule has 0 bridgehead atoms. The van der Waals surface area contributed by atoms with Crippen LogP contribution in [0.1, 0.15) is 27.2 Å². The van der Waals surface area contributed by atoms with Crippen LogP contribution in [0, 0.1) is 5.82 Å². The molecule has 0 amide bonds. The van der Waals surface area contributed by atoms with Crippen LogP contribution in [0.4, 0.5) is 15.8 Å². The number of anilines is 2. The summed E-state index contributed by atoms with van der Waals surface area (Å²) in [6.07, 6.45) is 3.02. The zero-order valence-electron chi connectivity index (χ0n) is 12.9. The lowest BCUT2D eigenvalue weighted by Crippen LogP contribution is -2.33. The summed E-state index contributed by atoms with van der Waals surface area (Å²) < 4.78 is 19.4. The van der Waals surface area contributed by atoms with Crippen LogP contribution in [0.25, 0.3) is 0 Å². The van der Waals surface area contributed by atoms with Crippen LogP contribution in [0.2, 0.25) is 0 Å². The molecule has 3 nitrogen and oxygen atoms in total. The Kier molecular flexibility index (Phi) is 6.46. The lowest BCUT2D eigenvalue weighted by atomic mass is 10.1. The number of thioether (sulfide) groups is 1. The molecule has 0 fully saturated rings. The Hall–Kier alpha value is -1.10. The molecule has 2 N–H and O–H groups in total. The third-order valence-corrected chi connectivity index (χ3v) is 3.92. The maximum absolute atomic E-state index is 13.9. The number of ether oxygens (including phenoxy) is 1. The summed E-state index contributed by atoms with van der Waals surface area (Å²) in [6.45, 7) is 5.89. The van der Waals surface area contributed by atoms with Crippen molar-refractivity contribution in [2.45, 2.75) is 39.3 Å². The highest BCUT2D eigenvalue weighted by atomic mass is 32.2. The molecule has 0 saturated carbocycles. The first kappa shape index (κ1) is 17.0. The molecule has 1 aromatic rings. The monoisotopic (exact) mass is 300 g/mol. The molecule has 0 saturated heterocycles. The predicted octanol–water partition coefficient (Wildman–Crippen LogP) is 3.77. The smallest absolute Gasteiger partial charge is 0.167 e. The maximum Gasteiger partial charge on any atom is 0.167 e. The molecule has 0 aliphatic rings. The predicted molar refractivity (Wildman–Crippen MR) is 87.4 cm³/mol. The second-order valence-electron chi connectivity index (χ2n) is 5.14. The van der Waals surface area contributed by atoms with Gasteiger partial charge in [-0.25, -0.2) is 4.39 Å². The summed E-state index contributed by atoms with van der Waals surface area (Å²) in [7, 11) is 1.99. The first-order valence-electron chi connectivity index (χ1n) is 6.88. The number of halogens is 1. The number of rotatable bonds is 7. The van der Waals surface area contributed by atoms with E-state index >= 15 is 0 Å². The van der Waals surface area contributed by atoms with Gasteiger partial charge in [-0.2, -0.15) is 11.8 Å². The van der Waals surface area contributed by atoms with Gasteiger partial charge in [-0.3, -0.25) is 0 Å². The average molecular weight is 300 g/mol. The summed E-state index contributed by atoms with van der Waals surface area (Å²) in [5.74, 6) is 0.853. The van der Waals surface area contributed by atoms with Gasteiger partial charge in [0.05, 0.1) is 17.5 Å². The minimum absolute atomic E-state index is 0.0700. The zero-order valence-corrected chi connectivity index (χ0v) is 13.8. The highest BCUT2D eigenvalue weighted by Gasteiger charge is 2.18. The van der Waals surface area contributed by atoms with Crippen LogP contribution in [0.5, 0.6) is 5.75 Å². The van der Waals surface area contributed by atoms with E-state index in [1.54, 1.807) is 17.8 Å². The lowest BCUT2D eigenvalue weighted by molar-refractivity contribution is 0.231. The van der Waals surface area contributed by atoms with Gasteiger partial charge in [-0.05, 0) is 26.5 Å². The lowest BCUT2D eigenvalue weighted by Gasteiger charge is -2.30. The number of nitrogens with two attached hydrogens (primary N) is 1. The van der Waals surface area contributed by atoms with Crippen molar-refractivity contribution < 1.29 is 9.13 Å². The SMILES string of the molecule is CCC(CSC)N(C)c1cc(OC(C)C)c(F)cc1N. The molecule has 1 unspecified atom stereocenters. The maximum atomic E-state index is 13.9. The molecule has 0 spiro atoms. The number of nitrogen functional groups attached to an aromatic ring is 1. The molecule has 5 heteroatoms. The van der Waals surface area contributed by atoms with Gasteiger partial charge in [0.1, 0.15) is 0 Å². The third-order valence-electron chi connectivity index (χ3n) is 3.20. The van der Waals surface area contributed by atoms with E-state index in [-0.39, 0.29) is 11.9 Å². The molecule has 20 heavy (non-hydrogen) atoms. The summed E-state index contributed by atoms with van der Waals surface area (Å²) in [6, 6.07) is 3.41. The zero-order chi connectivity index (χ0) is 15.3. The summed E-state index contributed by atoms with van der Waals surface area (Å²) in [4.78, 5) is 2.11. The van der Waals surface area contributed by atoms with Gasteiger partial charge in [-0.1, -0.05) is 6.92 Å². The van der Waals surface area contributed by atoms with Crippen molar-refractivity contribution in [3.8, 4) is 5.75 Å². The van der Waals surface area contributed by atoms with Crippen LogP contribution in [-0.4, -0.2) is 31.2 Å². The minimum Gasteiger partial charge on any atom is -0.488 e. The van der Waals surface area contributed by atoms with E-state index < -0.39 is 5.82 Å². The van der Waals surface area contributed by atoms with Crippen molar-refractivity contribution in [3.63, 3.8) is 0 Å². The minimum atomic E-state index is -0.411. The second-order valence-corrected chi connectivity index (χ2v) is 6.05. The molecule has 0 radical (unpaired) electrons. The Bertz CT molecular complexity index is 440. The third kappa shape index (κ3) is 4.20. The fraction of sp³-hybridized carbons (Fsp3) is 0.600. The molecule has 0 heterocycles. The number of nitrogens with zero attached hydrogens (tertiary/aromatic N) is 1. The average Bonchev–Trinajstić information content (AvgIpc) is 2.38. The van der Waals surface area contributed by atoms with Crippen molar-refractivity contribution in [2.24, 2.45) is 0 Å². The Balaban J connectivity index is 3.09. The molecule has 0 aromatic heterocycles. The van der Waals surface area contributed by atoms with Gasteiger partial charge >= 0.3 is 0 Å². The van der Waals surface area contributed by atoms with Crippen LogP contribution < -0.4 is 15.4 Å². The Morgan fingerprint density at radius 1 is 1.40 bits per heavy atom. The Morgan fingerprint density at radius 3 is 2.55 bits per heavy atom. The van der Waals surface area contributed by atoms with Crippen molar-refractivity contribution in [3.05, 3.63) is 17.9 Å². The van der Waals surface area contributed by atoms with Gasteiger partial charge in [0.25, 0.3) is 0 Å². The molecule has 1 rings (SSSR count). The summed E-state index contributed by atoms with van der Waals surface area (Å²) >= 11 is 1.79. The summed E-state index contributed by atoms with van der Waals surface area (Å²) in [5.41, 5.74) is 7.23. The first-order valence-corrected chi connectivity index (χ1v) is 8.27. The van der Waals surface area contributed by atoms with E-state index in [1.807, 2.05) is 20.9 Å². The quantitative estimate of drug-likeness (QED) is 0.778. The van der Waals surface area contributed by atoms with Crippen molar-refractivity contribution in [1.82, 2.24) is 0 Å². The number of hydrogen-bond acceptors (Lipinski definition) is 4. The molecule has 1 aromatic carbocycles. The van der Waals surface area contributed by atoms with Crippen LogP contribution >= 0.6 is 11.8 Å². The number of benzene rings is 1. The highest BCUT2D eigenvalue weighted by molar-refractivity contribution is 7.98. The van der Waals surface area contributed by atoms with Gasteiger partial charge in [0, 0.05) is 31.0 Å². The Labute approximate surface area is 125 Å². The second kappa shape index (κ2) is 7.62. The van der Waals surface area contributed by atoms with Crippen molar-refractivity contribution >= 4 is 23.1 Å². The largest absolute Gasteiger partial charge is 0.488 e. The molecule has 0 aliphatic carbocycles. The van der Waals surface area contributed by atoms with E-state index in [9.17, 15) is 4.39 Å². The van der Waals surface area contributed by atoms with E-state index in [1.165, 1.54) is 6.07 Å². The van der Waals surface area contributed by atoms with Crippen LogP contribution in [0.3, 0.4) is 0 Å². The molecule has 0 aliphatic heterocycles. The topological polar surface area (TPSA) is 38.5 Å². The number of hydrogen-bond donors (Lipinski definition) is 1. The Morgan fingerprint density at radius 2 is 2.05 bits per heavy atom. The normalized spacial score (nSPS) is 12.6. The molecular weight excluding hydrogens is 275 g/mol. The van der Waals surface area contributed by atoms with Crippen molar-refractivity contribution in [1.29, 1.82) is 0 Å². The van der Waals surface area contributed by atoms with Crippen molar-refractivity contribution in [2.75, 3.05) is 29.7 Å². The van der Waals surface area contributed by atoms with E-state index in [4.69, 9.17) is 10.5 Å². The highest BCUT2D eigenvalue weighted by Crippen LogP contribution is 2.32. The van der Waals surface area contributed by atoms with E-state index in [0.29, 0.717) is 11.7 Å². The van der Waals surface area contributed by atoms with Gasteiger partial charge in [0.15, 0.2) is 11.6 Å². The van der Waals surface area contributed by atoms with E-state index in [2.05, 4.69) is 18.1 Å². The first-order chi connectivity index (χ1) is 9.40. The molecule has 1 atom stereocenters. The van der Waals surface area contributed by atoms with Gasteiger partial charge < -0.3 is 15.4 Å². The molecule has 114 valence electrons. The fourth-order valence-corrected chi connectivity index (χ4v) is 2.94. The van der Waals surface area contributed by atoms with Crippen LogP contribution in [0.15, 0.2) is 12.1 Å². The van der Waals surface area contributed by atoms with Gasteiger partial charge in [-0.15, -0.1) is 0 Å².